The lowest BCUT2D eigenvalue weighted by molar-refractivity contribution is -0.145. The minimum Gasteiger partial charge on any atom is -0.348 e. The number of rotatable bonds is 8. The molecule has 234 valence electrons. The molecule has 1 unspecified atom stereocenters. The second-order valence-electron chi connectivity index (χ2n) is 10.2. The van der Waals surface area contributed by atoms with Crippen molar-refractivity contribution >= 4 is 21.5 Å². The highest BCUT2D eigenvalue weighted by Crippen LogP contribution is 2.26. The molecule has 12 nitrogen and oxygen atoms in total. The Morgan fingerprint density at radius 2 is 1.84 bits per heavy atom. The van der Waals surface area contributed by atoms with E-state index in [0.29, 0.717) is 15.0 Å². The second-order valence-corrected chi connectivity index (χ2v) is 12.5. The molecule has 3 heterocycles. The molecule has 5 rings (SSSR count). The summed E-state index contributed by atoms with van der Waals surface area (Å²) in [6.45, 7) is 0.981. The van der Waals surface area contributed by atoms with Crippen molar-refractivity contribution in [2.45, 2.75) is 38.5 Å². The van der Waals surface area contributed by atoms with Gasteiger partial charge in [-0.25, -0.2) is 21.9 Å². The highest BCUT2D eigenvalue weighted by Gasteiger charge is 2.37. The molecule has 18 heteroatoms. The molecule has 2 aromatic heterocycles. The molecule has 0 radical (unpaired) electrons. The Morgan fingerprint density at radius 3 is 2.44 bits per heavy atom. The summed E-state index contributed by atoms with van der Waals surface area (Å²) in [4.78, 5) is 27.6. The SMILES string of the molecule is Cc1cc(C#N)cc(C(=O)NC2CCS(=O)(=O)C2)c1CC(=O)c1cc(Cn2nnc(C(F)(F)F)n2)nn1-c1c(F)cccc1F. The summed E-state index contributed by atoms with van der Waals surface area (Å²) >= 11 is 0. The molecule has 0 bridgehead atoms. The van der Waals surface area contributed by atoms with Crippen LogP contribution in [-0.2, 0) is 29.0 Å². The molecular weight excluding hydrogens is 627 g/mol. The molecule has 1 fully saturated rings. The predicted molar refractivity (Wildman–Crippen MR) is 144 cm³/mol. The van der Waals surface area contributed by atoms with E-state index >= 15 is 0 Å². The smallest absolute Gasteiger partial charge is 0.348 e. The van der Waals surface area contributed by atoms with Gasteiger partial charge in [0.15, 0.2) is 27.3 Å². The first kappa shape index (κ1) is 31.4. The summed E-state index contributed by atoms with van der Waals surface area (Å²) in [5.41, 5.74) is -0.779. The number of amides is 1. The van der Waals surface area contributed by atoms with Crippen LogP contribution in [0.2, 0.25) is 0 Å². The third-order valence-corrected chi connectivity index (χ3v) is 8.72. The standard InChI is InChI=1S/C27H21F5N8O4S/c1-14-7-15(11-33)8-19(25(42)34-16-5-6-45(43,44)13-16)18(14)10-23(41)22-9-17(12-39-37-26(35-38-39)27(30,31)32)36-40(22)24-20(28)3-2-4-21(24)29/h2-4,7-9,16H,5-6,10,12-13H2,1H3,(H,34,42). The summed E-state index contributed by atoms with van der Waals surface area (Å²) in [6.07, 6.45) is -5.24. The number of Topliss-reactive ketones (excluding diaryl/α,β-unsaturated/α-hetero) is 1. The van der Waals surface area contributed by atoms with Gasteiger partial charge in [-0.15, -0.1) is 10.2 Å². The third kappa shape index (κ3) is 6.72. The van der Waals surface area contributed by atoms with Crippen LogP contribution in [0.1, 0.15) is 55.5 Å². The number of halogens is 5. The molecule has 0 spiro atoms. The average Bonchev–Trinajstić information content (AvgIpc) is 3.68. The maximum absolute atomic E-state index is 14.8. The van der Waals surface area contributed by atoms with E-state index in [1.165, 1.54) is 19.1 Å². The molecule has 4 aromatic rings. The van der Waals surface area contributed by atoms with Gasteiger partial charge >= 0.3 is 6.18 Å². The van der Waals surface area contributed by atoms with Crippen molar-refractivity contribution in [1.82, 2.24) is 35.3 Å². The first-order valence-corrected chi connectivity index (χ1v) is 14.9. The highest BCUT2D eigenvalue weighted by atomic mass is 32.2. The fourth-order valence-corrected chi connectivity index (χ4v) is 6.55. The molecule has 1 atom stereocenters. The number of aromatic nitrogens is 6. The van der Waals surface area contributed by atoms with Gasteiger partial charge in [0.1, 0.15) is 17.9 Å². The zero-order valence-corrected chi connectivity index (χ0v) is 24.0. The Bertz CT molecular complexity index is 1960. The van der Waals surface area contributed by atoms with Crippen LogP contribution in [0.3, 0.4) is 0 Å². The number of carbonyl (C=O) groups excluding carboxylic acids is 2. The van der Waals surface area contributed by atoms with Crippen molar-refractivity contribution in [2.24, 2.45) is 0 Å². The van der Waals surface area contributed by atoms with Crippen LogP contribution in [0.15, 0.2) is 36.4 Å². The number of ketones is 1. The number of tetrazole rings is 1. The number of hydrogen-bond acceptors (Lipinski definition) is 9. The van der Waals surface area contributed by atoms with E-state index in [0.717, 1.165) is 24.3 Å². The topological polar surface area (TPSA) is 166 Å². The zero-order valence-electron chi connectivity index (χ0n) is 23.1. The van der Waals surface area contributed by atoms with Crippen molar-refractivity contribution < 1.29 is 40.0 Å². The van der Waals surface area contributed by atoms with Gasteiger partial charge in [0, 0.05) is 18.0 Å². The number of para-hydroxylation sites is 1. The van der Waals surface area contributed by atoms with E-state index in [1.807, 2.05) is 6.07 Å². The molecule has 1 N–H and O–H groups in total. The van der Waals surface area contributed by atoms with Gasteiger partial charge in [0.05, 0.1) is 28.8 Å². The van der Waals surface area contributed by atoms with Crippen molar-refractivity contribution in [3.8, 4) is 11.8 Å². The summed E-state index contributed by atoms with van der Waals surface area (Å²) < 4.78 is 92.9. The van der Waals surface area contributed by atoms with Crippen LogP contribution in [0, 0.1) is 29.9 Å². The van der Waals surface area contributed by atoms with Crippen LogP contribution in [-0.4, -0.2) is 67.6 Å². The number of nitrogens with one attached hydrogen (secondary N) is 1. The third-order valence-electron chi connectivity index (χ3n) is 6.96. The number of aryl methyl sites for hydroxylation is 1. The fraction of sp³-hybridized carbons (Fsp3) is 0.296. The fourth-order valence-electron chi connectivity index (χ4n) is 4.88. The van der Waals surface area contributed by atoms with Crippen LogP contribution in [0.4, 0.5) is 22.0 Å². The van der Waals surface area contributed by atoms with Gasteiger partial charge in [0.25, 0.3) is 11.7 Å². The summed E-state index contributed by atoms with van der Waals surface area (Å²) in [5, 5.41) is 25.6. The van der Waals surface area contributed by atoms with E-state index in [9.17, 15) is 45.2 Å². The maximum Gasteiger partial charge on any atom is 0.455 e. The lowest BCUT2D eigenvalue weighted by Crippen LogP contribution is -2.36. The minimum atomic E-state index is -4.88. The first-order valence-electron chi connectivity index (χ1n) is 13.1. The quantitative estimate of drug-likeness (QED) is 0.223. The van der Waals surface area contributed by atoms with Crippen molar-refractivity contribution in [3.05, 3.63) is 87.5 Å². The molecular formula is C27H21F5N8O4S. The average molecular weight is 649 g/mol. The number of nitriles is 1. The lowest BCUT2D eigenvalue weighted by atomic mass is 9.93. The van der Waals surface area contributed by atoms with Crippen LogP contribution >= 0.6 is 0 Å². The highest BCUT2D eigenvalue weighted by molar-refractivity contribution is 7.91. The summed E-state index contributed by atoms with van der Waals surface area (Å²) in [5.74, 6) is -5.64. The zero-order chi connectivity index (χ0) is 32.7. The number of nitrogens with zero attached hydrogens (tertiary/aromatic N) is 7. The van der Waals surface area contributed by atoms with E-state index in [2.05, 4.69) is 25.8 Å². The van der Waals surface area contributed by atoms with Gasteiger partial charge < -0.3 is 5.32 Å². The number of alkyl halides is 3. The van der Waals surface area contributed by atoms with Gasteiger partial charge in [-0.05, 0) is 60.0 Å². The minimum absolute atomic E-state index is 0.0842. The lowest BCUT2D eigenvalue weighted by Gasteiger charge is -2.16. The van der Waals surface area contributed by atoms with Crippen molar-refractivity contribution in [3.63, 3.8) is 0 Å². The summed E-state index contributed by atoms with van der Waals surface area (Å²) in [7, 11) is -3.34. The monoisotopic (exact) mass is 648 g/mol. The number of carbonyl (C=O) groups is 2. The maximum atomic E-state index is 14.8. The van der Waals surface area contributed by atoms with E-state index < -0.39 is 69.9 Å². The van der Waals surface area contributed by atoms with Crippen molar-refractivity contribution in [2.75, 3.05) is 11.5 Å². The van der Waals surface area contributed by atoms with Crippen LogP contribution in [0.25, 0.3) is 5.69 Å². The van der Waals surface area contributed by atoms with E-state index in [-0.39, 0.29) is 46.0 Å². The molecule has 1 saturated heterocycles. The van der Waals surface area contributed by atoms with E-state index in [1.54, 1.807) is 0 Å². The Hall–Kier alpha value is -5.05. The second kappa shape index (κ2) is 11.8. The molecule has 1 aliphatic rings. The van der Waals surface area contributed by atoms with Gasteiger partial charge in [0.2, 0.25) is 0 Å². The van der Waals surface area contributed by atoms with Gasteiger partial charge in [-0.1, -0.05) is 6.07 Å². The Balaban J connectivity index is 1.53. The molecule has 1 aliphatic heterocycles. The molecule has 0 saturated carbocycles. The number of hydrogen-bond donors (Lipinski definition) is 1. The molecule has 1 amide bonds. The van der Waals surface area contributed by atoms with Gasteiger partial charge in [-0.2, -0.15) is 28.3 Å². The Morgan fingerprint density at radius 1 is 1.13 bits per heavy atom. The van der Waals surface area contributed by atoms with E-state index in [4.69, 9.17) is 0 Å². The number of benzene rings is 2. The van der Waals surface area contributed by atoms with Crippen molar-refractivity contribution in [1.29, 1.82) is 5.26 Å². The molecule has 0 aliphatic carbocycles. The van der Waals surface area contributed by atoms with Gasteiger partial charge in [-0.3, -0.25) is 9.59 Å². The largest absolute Gasteiger partial charge is 0.455 e. The summed E-state index contributed by atoms with van der Waals surface area (Å²) in [6, 6.07) is 7.89. The Kier molecular flexibility index (Phi) is 8.23. The molecule has 2 aromatic carbocycles. The number of sulfone groups is 1. The van der Waals surface area contributed by atoms with Crippen LogP contribution in [0.5, 0.6) is 0 Å². The normalized spacial score (nSPS) is 16.0. The first-order chi connectivity index (χ1) is 21.1. The Labute approximate surface area is 251 Å². The molecule has 45 heavy (non-hydrogen) atoms. The van der Waals surface area contributed by atoms with Crippen LogP contribution < -0.4 is 5.32 Å². The predicted octanol–water partition coefficient (Wildman–Crippen LogP) is 2.73.